The van der Waals surface area contributed by atoms with Crippen LogP contribution in [0.3, 0.4) is 0 Å². The highest BCUT2D eigenvalue weighted by Crippen LogP contribution is 2.31. The van der Waals surface area contributed by atoms with Crippen molar-refractivity contribution in [3.8, 4) is 0 Å². The number of Topliss-reactive ketones (excluding diaryl/α,β-unsaturated/α-hetero) is 1. The van der Waals surface area contributed by atoms with Gasteiger partial charge in [0.15, 0.2) is 5.78 Å². The van der Waals surface area contributed by atoms with E-state index < -0.39 is 24.0 Å². The molecule has 0 saturated carbocycles. The molecule has 1 aliphatic heterocycles. The third-order valence-corrected chi connectivity index (χ3v) is 6.84. The Morgan fingerprint density at radius 1 is 0.974 bits per heavy atom. The number of nitrogens with two attached hydrogens (primary N) is 2. The Hall–Kier alpha value is -4.16. The summed E-state index contributed by atoms with van der Waals surface area (Å²) in [5.74, 6) is -2.38. The van der Waals surface area contributed by atoms with Gasteiger partial charge in [0.2, 0.25) is 5.91 Å². The van der Waals surface area contributed by atoms with Crippen LogP contribution in [0.4, 0.5) is 0 Å². The van der Waals surface area contributed by atoms with Gasteiger partial charge in [-0.05, 0) is 47.7 Å². The SMILES string of the molecule is N=C(N)c1ccc2ccc(C(=O)C(N)[C@@H]3C[C@@H](CC(=O)O)C(=O)N3CCCc3ccccc3)cc2c1.O.O.O. The molecular formula is C28H36N4O7. The second kappa shape index (κ2) is 14.1. The number of aryl methyl sites for hydroxylation is 1. The summed E-state index contributed by atoms with van der Waals surface area (Å²) in [6.45, 7) is 0.398. The summed E-state index contributed by atoms with van der Waals surface area (Å²) in [7, 11) is 0. The molecule has 1 unspecified atom stereocenters. The number of carboxylic acids is 1. The zero-order valence-electron chi connectivity index (χ0n) is 21.4. The Bertz CT molecular complexity index is 1320. The Morgan fingerprint density at radius 3 is 2.21 bits per heavy atom. The topological polar surface area (TPSA) is 245 Å². The van der Waals surface area contributed by atoms with Gasteiger partial charge in [-0.15, -0.1) is 0 Å². The Labute approximate surface area is 225 Å². The molecular weight excluding hydrogens is 504 g/mol. The van der Waals surface area contributed by atoms with Crippen LogP contribution in [0.2, 0.25) is 0 Å². The van der Waals surface area contributed by atoms with E-state index in [0.29, 0.717) is 24.1 Å². The van der Waals surface area contributed by atoms with Gasteiger partial charge in [0.25, 0.3) is 0 Å². The van der Waals surface area contributed by atoms with Crippen LogP contribution in [0.1, 0.15) is 40.7 Å². The minimum absolute atomic E-state index is 0. The first kappa shape index (κ1) is 32.9. The predicted octanol–water partition coefficient (Wildman–Crippen LogP) is 0.484. The molecule has 0 aromatic heterocycles. The molecule has 0 spiro atoms. The minimum atomic E-state index is -1.05. The van der Waals surface area contributed by atoms with Gasteiger partial charge in [-0.25, -0.2) is 0 Å². The maximum atomic E-state index is 13.4. The number of carboxylic acid groups (broad SMARTS) is 1. The van der Waals surface area contributed by atoms with E-state index in [2.05, 4.69) is 0 Å². The largest absolute Gasteiger partial charge is 0.481 e. The van der Waals surface area contributed by atoms with Crippen LogP contribution in [-0.2, 0) is 16.0 Å². The van der Waals surface area contributed by atoms with Gasteiger partial charge in [-0.1, -0.05) is 54.6 Å². The fourth-order valence-corrected chi connectivity index (χ4v) is 4.95. The second-order valence-corrected chi connectivity index (χ2v) is 9.30. The van der Waals surface area contributed by atoms with Crippen molar-refractivity contribution in [2.24, 2.45) is 17.4 Å². The van der Waals surface area contributed by atoms with Crippen molar-refractivity contribution < 1.29 is 35.9 Å². The number of aliphatic carboxylic acids is 1. The lowest BCUT2D eigenvalue weighted by atomic mass is 9.92. The number of amidine groups is 1. The molecule has 4 rings (SSSR count). The smallest absolute Gasteiger partial charge is 0.304 e. The number of likely N-dealkylation sites (tertiary alicyclic amines) is 1. The summed E-state index contributed by atoms with van der Waals surface area (Å²) in [5.41, 5.74) is 14.2. The van der Waals surface area contributed by atoms with E-state index in [9.17, 15) is 19.5 Å². The molecule has 1 fully saturated rings. The van der Waals surface area contributed by atoms with Gasteiger partial charge >= 0.3 is 5.97 Å². The van der Waals surface area contributed by atoms with Gasteiger partial charge in [0, 0.05) is 17.7 Å². The standard InChI is InChI=1S/C28H30N4O4.3H2O/c29-25(26(35)19-10-8-18-9-11-20(27(30)31)14-21(18)13-19)23-15-22(16-24(33)34)28(36)32(23)12-4-7-17-5-2-1-3-6-17;;;/h1-3,5-6,8-11,13-14,22-23,25H,4,7,12,15-16,29H2,(H3,30,31)(H,33,34);3*1H2/t22-,23-,25?;;;/m0.../s1. The number of ketones is 1. The lowest BCUT2D eigenvalue weighted by Gasteiger charge is -2.29. The summed E-state index contributed by atoms with van der Waals surface area (Å²) in [5, 5.41) is 18.6. The van der Waals surface area contributed by atoms with Gasteiger partial charge in [-0.2, -0.15) is 0 Å². The summed E-state index contributed by atoms with van der Waals surface area (Å²) in [6, 6.07) is 18.9. The minimum Gasteiger partial charge on any atom is -0.481 e. The average Bonchev–Trinajstić information content (AvgIpc) is 3.17. The molecule has 1 heterocycles. The maximum absolute atomic E-state index is 13.4. The third kappa shape index (κ3) is 7.45. The zero-order valence-corrected chi connectivity index (χ0v) is 21.4. The molecule has 12 N–H and O–H groups in total. The molecule has 39 heavy (non-hydrogen) atoms. The molecule has 1 aliphatic rings. The Kier molecular flexibility index (Phi) is 11.9. The molecule has 11 nitrogen and oxygen atoms in total. The van der Waals surface area contributed by atoms with Crippen molar-refractivity contribution in [3.05, 3.63) is 83.4 Å². The predicted molar refractivity (Wildman–Crippen MR) is 149 cm³/mol. The molecule has 1 saturated heterocycles. The highest BCUT2D eigenvalue weighted by atomic mass is 16.4. The number of hydrogen-bond acceptors (Lipinski definition) is 5. The monoisotopic (exact) mass is 540 g/mol. The second-order valence-electron chi connectivity index (χ2n) is 9.30. The Balaban J connectivity index is 0.00000253. The van der Waals surface area contributed by atoms with Crippen LogP contribution in [0.15, 0.2) is 66.7 Å². The van der Waals surface area contributed by atoms with Crippen molar-refractivity contribution in [1.82, 2.24) is 4.90 Å². The number of hydrogen-bond donors (Lipinski definition) is 4. The third-order valence-electron chi connectivity index (χ3n) is 6.84. The van der Waals surface area contributed by atoms with Crippen molar-refractivity contribution >= 4 is 34.3 Å². The molecule has 11 heteroatoms. The molecule has 0 bridgehead atoms. The molecule has 0 radical (unpaired) electrons. The van der Waals surface area contributed by atoms with Crippen molar-refractivity contribution in [1.29, 1.82) is 5.41 Å². The highest BCUT2D eigenvalue weighted by molar-refractivity contribution is 6.05. The van der Waals surface area contributed by atoms with E-state index in [4.69, 9.17) is 16.9 Å². The molecule has 3 aromatic rings. The van der Waals surface area contributed by atoms with E-state index >= 15 is 0 Å². The number of carbonyl (C=O) groups is 3. The van der Waals surface area contributed by atoms with Crippen molar-refractivity contribution in [2.75, 3.05) is 6.54 Å². The van der Waals surface area contributed by atoms with Crippen LogP contribution >= 0.6 is 0 Å². The van der Waals surface area contributed by atoms with Gasteiger partial charge in [-0.3, -0.25) is 19.8 Å². The van der Waals surface area contributed by atoms with E-state index in [0.717, 1.165) is 22.8 Å². The summed E-state index contributed by atoms with van der Waals surface area (Å²) in [6.07, 6.45) is 1.38. The summed E-state index contributed by atoms with van der Waals surface area (Å²) >= 11 is 0. The lowest BCUT2D eigenvalue weighted by molar-refractivity contribution is -0.142. The number of nitrogens with zero attached hydrogens (tertiary/aromatic N) is 1. The molecule has 3 aromatic carbocycles. The first-order valence-electron chi connectivity index (χ1n) is 12.0. The van der Waals surface area contributed by atoms with E-state index in [1.165, 1.54) is 0 Å². The average molecular weight is 541 g/mol. The van der Waals surface area contributed by atoms with Crippen molar-refractivity contribution in [2.45, 2.75) is 37.8 Å². The Morgan fingerprint density at radius 2 is 1.59 bits per heavy atom. The zero-order chi connectivity index (χ0) is 25.8. The van der Waals surface area contributed by atoms with Crippen LogP contribution in [0.25, 0.3) is 10.8 Å². The number of benzene rings is 3. The fourth-order valence-electron chi connectivity index (χ4n) is 4.95. The molecule has 3 atom stereocenters. The van der Waals surface area contributed by atoms with Crippen LogP contribution in [-0.4, -0.2) is 68.6 Å². The van der Waals surface area contributed by atoms with E-state index in [-0.39, 0.29) is 46.8 Å². The van der Waals surface area contributed by atoms with E-state index in [1.807, 2.05) is 42.5 Å². The number of carbonyl (C=O) groups excluding carboxylic acids is 2. The fraction of sp³-hybridized carbons (Fsp3) is 0.286. The first-order valence-corrected chi connectivity index (χ1v) is 12.0. The summed E-state index contributed by atoms with van der Waals surface area (Å²) < 4.78 is 0. The highest BCUT2D eigenvalue weighted by Gasteiger charge is 2.44. The lowest BCUT2D eigenvalue weighted by Crippen LogP contribution is -2.50. The number of fused-ring (bicyclic) bond motifs is 1. The van der Waals surface area contributed by atoms with Gasteiger partial charge < -0.3 is 37.9 Å². The number of amides is 1. The van der Waals surface area contributed by atoms with Crippen LogP contribution in [0, 0.1) is 11.3 Å². The number of nitrogen functional groups attached to an aromatic ring is 1. The van der Waals surface area contributed by atoms with Crippen molar-refractivity contribution in [3.63, 3.8) is 0 Å². The van der Waals surface area contributed by atoms with Gasteiger partial charge in [0.05, 0.1) is 24.4 Å². The van der Waals surface area contributed by atoms with Gasteiger partial charge in [0.1, 0.15) is 5.84 Å². The molecule has 0 aliphatic carbocycles. The van der Waals surface area contributed by atoms with Crippen LogP contribution in [0.5, 0.6) is 0 Å². The quantitative estimate of drug-likeness (QED) is 0.162. The maximum Gasteiger partial charge on any atom is 0.304 e. The first-order chi connectivity index (χ1) is 17.2. The number of nitrogens with one attached hydrogen (secondary N) is 1. The normalized spacial score (nSPS) is 16.9. The van der Waals surface area contributed by atoms with E-state index in [1.54, 1.807) is 29.2 Å². The number of rotatable bonds is 10. The molecule has 1 amide bonds. The summed E-state index contributed by atoms with van der Waals surface area (Å²) in [4.78, 5) is 39.5. The molecule has 210 valence electrons. The van der Waals surface area contributed by atoms with Crippen LogP contribution < -0.4 is 11.5 Å².